The van der Waals surface area contributed by atoms with Crippen molar-refractivity contribution in [1.82, 2.24) is 15.0 Å². The molecule has 5 aromatic rings. The van der Waals surface area contributed by atoms with Crippen molar-refractivity contribution in [3.8, 4) is 0 Å². The average Bonchev–Trinajstić information content (AvgIpc) is 2.81. The van der Waals surface area contributed by atoms with Crippen molar-refractivity contribution in [2.75, 3.05) is 16.0 Å². The zero-order chi connectivity index (χ0) is 21.9. The zero-order valence-corrected chi connectivity index (χ0v) is 17.6. The summed E-state index contributed by atoms with van der Waals surface area (Å²) in [5.74, 6) is 0.923. The van der Waals surface area contributed by atoms with Crippen LogP contribution in [0.2, 0.25) is 0 Å². The number of benzene rings is 3. The van der Waals surface area contributed by atoms with Gasteiger partial charge in [-0.25, -0.2) is 4.98 Å². The lowest BCUT2D eigenvalue weighted by Gasteiger charge is -2.26. The number of pyridine rings is 1. The van der Waals surface area contributed by atoms with E-state index < -0.39 is 0 Å². The number of nitrogens with one attached hydrogen (secondary N) is 1. The Morgan fingerprint density at radius 1 is 0.781 bits per heavy atom. The predicted molar refractivity (Wildman–Crippen MR) is 131 cm³/mol. The molecular formula is C26H22N6. The summed E-state index contributed by atoms with van der Waals surface area (Å²) in [6, 6.07) is 30.7. The quantitative estimate of drug-likeness (QED) is 0.357. The summed E-state index contributed by atoms with van der Waals surface area (Å²) in [5.41, 5.74) is 11.7. The summed E-state index contributed by atoms with van der Waals surface area (Å²) in [4.78, 5) is 15.1. The lowest BCUT2D eigenvalue weighted by atomic mass is 10.1. The molecule has 3 aromatic carbocycles. The molecule has 5 rings (SSSR count). The summed E-state index contributed by atoms with van der Waals surface area (Å²) in [6.07, 6.45) is 1.85. The third-order valence-corrected chi connectivity index (χ3v) is 5.15. The van der Waals surface area contributed by atoms with Gasteiger partial charge in [-0.05, 0) is 55.5 Å². The lowest BCUT2D eigenvalue weighted by molar-refractivity contribution is 1.12. The first-order valence-corrected chi connectivity index (χ1v) is 10.3. The molecular weight excluding hydrogens is 396 g/mol. The normalized spacial score (nSPS) is 10.8. The highest BCUT2D eigenvalue weighted by Gasteiger charge is 2.15. The van der Waals surface area contributed by atoms with Gasteiger partial charge in [0, 0.05) is 40.4 Å². The molecule has 0 saturated heterocycles. The number of nitrogens with two attached hydrogens (primary N) is 1. The topological polar surface area (TPSA) is 80.0 Å². The summed E-state index contributed by atoms with van der Waals surface area (Å²) < 4.78 is 0. The van der Waals surface area contributed by atoms with Gasteiger partial charge in [-0.3, -0.25) is 4.98 Å². The molecule has 156 valence electrons. The third-order valence-electron chi connectivity index (χ3n) is 5.15. The maximum atomic E-state index is 5.78. The van der Waals surface area contributed by atoms with Crippen LogP contribution in [0.5, 0.6) is 0 Å². The van der Waals surface area contributed by atoms with Crippen LogP contribution in [0.15, 0.2) is 97.2 Å². The number of fused-ring (bicyclic) bond motifs is 1. The van der Waals surface area contributed by atoms with Crippen molar-refractivity contribution >= 4 is 45.4 Å². The van der Waals surface area contributed by atoms with Crippen molar-refractivity contribution < 1.29 is 0 Å². The Hall–Kier alpha value is -4.45. The summed E-state index contributed by atoms with van der Waals surface area (Å²) in [5, 5.41) is 4.39. The molecule has 3 N–H and O–H groups in total. The SMILES string of the molecule is Cc1cc(Nc2ccc(N(c3ccccc3)c3ccnc4ccccc34)cc2)nc(N)n1. The van der Waals surface area contributed by atoms with E-state index in [1.165, 1.54) is 0 Å². The van der Waals surface area contributed by atoms with Gasteiger partial charge in [-0.15, -0.1) is 0 Å². The molecule has 0 fully saturated rings. The molecule has 6 heteroatoms. The van der Waals surface area contributed by atoms with Crippen LogP contribution in [0.4, 0.5) is 34.5 Å². The number of nitrogens with zero attached hydrogens (tertiary/aromatic N) is 4. The number of hydrogen-bond acceptors (Lipinski definition) is 6. The zero-order valence-electron chi connectivity index (χ0n) is 17.6. The van der Waals surface area contributed by atoms with E-state index in [0.717, 1.165) is 39.3 Å². The van der Waals surface area contributed by atoms with E-state index in [1.54, 1.807) is 0 Å². The fourth-order valence-electron chi connectivity index (χ4n) is 3.78. The van der Waals surface area contributed by atoms with Crippen LogP contribution in [-0.4, -0.2) is 15.0 Å². The molecule has 0 aliphatic carbocycles. The van der Waals surface area contributed by atoms with Crippen molar-refractivity contribution in [3.05, 3.63) is 103 Å². The number of hydrogen-bond donors (Lipinski definition) is 2. The molecule has 0 spiro atoms. The van der Waals surface area contributed by atoms with Gasteiger partial charge in [0.15, 0.2) is 0 Å². The van der Waals surface area contributed by atoms with Crippen molar-refractivity contribution in [3.63, 3.8) is 0 Å². The van der Waals surface area contributed by atoms with Crippen LogP contribution in [0.3, 0.4) is 0 Å². The molecule has 0 saturated carbocycles. The highest BCUT2D eigenvalue weighted by atomic mass is 15.1. The number of aromatic nitrogens is 3. The van der Waals surface area contributed by atoms with Gasteiger partial charge in [-0.2, -0.15) is 4.98 Å². The molecule has 0 bridgehead atoms. The van der Waals surface area contributed by atoms with E-state index >= 15 is 0 Å². The number of nitrogen functional groups attached to an aromatic ring is 1. The highest BCUT2D eigenvalue weighted by Crippen LogP contribution is 2.38. The van der Waals surface area contributed by atoms with Gasteiger partial charge in [-0.1, -0.05) is 36.4 Å². The Bertz CT molecular complexity index is 1340. The molecule has 2 heterocycles. The van der Waals surface area contributed by atoms with E-state index in [0.29, 0.717) is 5.82 Å². The molecule has 0 atom stereocenters. The second-order valence-electron chi connectivity index (χ2n) is 7.44. The van der Waals surface area contributed by atoms with Crippen LogP contribution in [0.25, 0.3) is 10.9 Å². The fourth-order valence-corrected chi connectivity index (χ4v) is 3.78. The van der Waals surface area contributed by atoms with E-state index in [9.17, 15) is 0 Å². The highest BCUT2D eigenvalue weighted by molar-refractivity contribution is 5.96. The van der Waals surface area contributed by atoms with Crippen LogP contribution >= 0.6 is 0 Å². The minimum atomic E-state index is 0.254. The molecule has 32 heavy (non-hydrogen) atoms. The second kappa shape index (κ2) is 8.35. The fraction of sp³-hybridized carbons (Fsp3) is 0.0385. The van der Waals surface area contributed by atoms with Gasteiger partial charge in [0.25, 0.3) is 0 Å². The van der Waals surface area contributed by atoms with E-state index in [1.807, 2.05) is 73.8 Å². The molecule has 0 aliphatic heterocycles. The summed E-state index contributed by atoms with van der Waals surface area (Å²) >= 11 is 0. The number of aryl methyl sites for hydroxylation is 1. The molecule has 0 amide bonds. The Labute approximate surface area is 186 Å². The van der Waals surface area contributed by atoms with Gasteiger partial charge in [0.05, 0.1) is 11.2 Å². The van der Waals surface area contributed by atoms with Crippen molar-refractivity contribution in [2.24, 2.45) is 0 Å². The Kier molecular flexibility index (Phi) is 5.09. The van der Waals surface area contributed by atoms with Crippen LogP contribution in [0, 0.1) is 6.92 Å². The van der Waals surface area contributed by atoms with Crippen molar-refractivity contribution in [2.45, 2.75) is 6.92 Å². The smallest absolute Gasteiger partial charge is 0.222 e. The second-order valence-corrected chi connectivity index (χ2v) is 7.44. The van der Waals surface area contributed by atoms with Gasteiger partial charge >= 0.3 is 0 Å². The van der Waals surface area contributed by atoms with Crippen molar-refractivity contribution in [1.29, 1.82) is 0 Å². The molecule has 2 aromatic heterocycles. The standard InChI is InChI=1S/C26H22N6/c1-18-17-25(31-26(27)29-18)30-19-11-13-21(14-12-19)32(20-7-3-2-4-8-20)24-15-16-28-23-10-6-5-9-22(23)24/h2-17H,1H3,(H3,27,29,30,31). The number of anilines is 6. The number of para-hydroxylation sites is 2. The van der Waals surface area contributed by atoms with Gasteiger partial charge in [0.2, 0.25) is 5.95 Å². The van der Waals surface area contributed by atoms with Gasteiger partial charge < -0.3 is 16.0 Å². The first-order chi connectivity index (χ1) is 15.7. The monoisotopic (exact) mass is 418 g/mol. The molecule has 0 aliphatic rings. The minimum absolute atomic E-state index is 0.254. The summed E-state index contributed by atoms with van der Waals surface area (Å²) in [7, 11) is 0. The average molecular weight is 419 g/mol. The summed E-state index contributed by atoms with van der Waals surface area (Å²) in [6.45, 7) is 1.89. The third kappa shape index (κ3) is 3.94. The van der Waals surface area contributed by atoms with E-state index in [2.05, 4.69) is 55.5 Å². The largest absolute Gasteiger partial charge is 0.368 e. The van der Waals surface area contributed by atoms with Crippen LogP contribution < -0.4 is 16.0 Å². The first kappa shape index (κ1) is 19.5. The lowest BCUT2D eigenvalue weighted by Crippen LogP contribution is -2.10. The molecule has 6 nitrogen and oxygen atoms in total. The first-order valence-electron chi connectivity index (χ1n) is 10.3. The molecule has 0 radical (unpaired) electrons. The Balaban J connectivity index is 1.55. The Morgan fingerprint density at radius 3 is 2.28 bits per heavy atom. The predicted octanol–water partition coefficient (Wildman–Crippen LogP) is 6.13. The minimum Gasteiger partial charge on any atom is -0.368 e. The van der Waals surface area contributed by atoms with E-state index in [-0.39, 0.29) is 5.95 Å². The number of rotatable bonds is 5. The van der Waals surface area contributed by atoms with Gasteiger partial charge in [0.1, 0.15) is 5.82 Å². The Morgan fingerprint density at radius 2 is 1.50 bits per heavy atom. The van der Waals surface area contributed by atoms with E-state index in [4.69, 9.17) is 5.73 Å². The molecule has 0 unspecified atom stereocenters. The van der Waals surface area contributed by atoms with Crippen LogP contribution in [0.1, 0.15) is 5.69 Å². The van der Waals surface area contributed by atoms with Crippen LogP contribution in [-0.2, 0) is 0 Å². The maximum Gasteiger partial charge on any atom is 0.222 e. The maximum absolute atomic E-state index is 5.78.